The number of hydrogen-bond acceptors (Lipinski definition) is 1. The molecule has 0 heterocycles. The SMILES string of the molecule is O.Oc1cc(Cl)c(Cl)c(Cl)[c]1[Hg]. The van der Waals surface area contributed by atoms with Crippen LogP contribution in [-0.2, 0) is 26.1 Å². The van der Waals surface area contributed by atoms with E-state index in [9.17, 15) is 5.11 Å². The van der Waals surface area contributed by atoms with Crippen molar-refractivity contribution in [1.29, 1.82) is 0 Å². The molecule has 0 saturated heterocycles. The maximum atomic E-state index is 9.23. The van der Waals surface area contributed by atoms with Crippen LogP contribution < -0.4 is 3.07 Å². The molecular weight excluding hydrogens is 411 g/mol. The van der Waals surface area contributed by atoms with E-state index in [0.717, 1.165) is 3.07 Å². The Bertz CT molecular complexity index is 277. The maximum absolute atomic E-state index is 9.23. The van der Waals surface area contributed by atoms with E-state index in [0.29, 0.717) is 15.1 Å². The molecule has 0 spiro atoms. The first-order chi connectivity index (χ1) is 5.04. The predicted molar refractivity (Wildman–Crippen MR) is 46.4 cm³/mol. The molecule has 0 bridgehead atoms. The van der Waals surface area contributed by atoms with Crippen LogP contribution in [0.3, 0.4) is 0 Å². The molecule has 0 aromatic heterocycles. The molecule has 0 saturated carbocycles. The van der Waals surface area contributed by atoms with Crippen molar-refractivity contribution in [3.8, 4) is 5.75 Å². The Kier molecular flexibility index (Phi) is 5.18. The van der Waals surface area contributed by atoms with Crippen LogP contribution in [0, 0.1) is 0 Å². The van der Waals surface area contributed by atoms with E-state index in [2.05, 4.69) is 0 Å². The zero-order chi connectivity index (χ0) is 8.59. The monoisotopic (exact) mass is 415 g/mol. The molecule has 0 atom stereocenters. The minimum absolute atomic E-state index is 0. The zero-order valence-corrected chi connectivity index (χ0v) is 13.6. The van der Waals surface area contributed by atoms with E-state index in [4.69, 9.17) is 34.8 Å². The normalized spacial score (nSPS) is 9.42. The van der Waals surface area contributed by atoms with E-state index in [-0.39, 0.29) is 37.3 Å². The van der Waals surface area contributed by atoms with Gasteiger partial charge in [0.15, 0.2) is 0 Å². The van der Waals surface area contributed by atoms with E-state index in [1.54, 1.807) is 0 Å². The molecule has 0 aliphatic heterocycles. The molecule has 0 amide bonds. The van der Waals surface area contributed by atoms with E-state index < -0.39 is 0 Å². The molecule has 0 fully saturated rings. The Labute approximate surface area is 101 Å². The molecule has 12 heavy (non-hydrogen) atoms. The summed E-state index contributed by atoms with van der Waals surface area (Å²) >= 11 is 17.4. The third kappa shape index (κ3) is 2.39. The van der Waals surface area contributed by atoms with Gasteiger partial charge in [0.05, 0.1) is 0 Å². The summed E-state index contributed by atoms with van der Waals surface area (Å²) in [5.41, 5.74) is 0. The Morgan fingerprint density at radius 1 is 1.17 bits per heavy atom. The van der Waals surface area contributed by atoms with Crippen LogP contribution in [0.2, 0.25) is 15.1 Å². The molecule has 63 valence electrons. The van der Waals surface area contributed by atoms with E-state index in [1.807, 2.05) is 0 Å². The molecule has 6 heteroatoms. The quantitative estimate of drug-likeness (QED) is 0.509. The molecule has 0 aliphatic rings. The van der Waals surface area contributed by atoms with Crippen molar-refractivity contribution in [2.24, 2.45) is 0 Å². The van der Waals surface area contributed by atoms with Crippen LogP contribution in [0.25, 0.3) is 0 Å². The van der Waals surface area contributed by atoms with Gasteiger partial charge in [-0.3, -0.25) is 0 Å². The number of hydrogen-bond donors (Lipinski definition) is 1. The average molecular weight is 415 g/mol. The van der Waals surface area contributed by atoms with Gasteiger partial charge in [-0.2, -0.15) is 0 Å². The van der Waals surface area contributed by atoms with E-state index >= 15 is 0 Å². The molecular formula is C6H4Cl3HgO2. The van der Waals surface area contributed by atoms with Gasteiger partial charge in [0.1, 0.15) is 0 Å². The second kappa shape index (κ2) is 4.87. The minimum atomic E-state index is 0. The van der Waals surface area contributed by atoms with Gasteiger partial charge >= 0.3 is 96.0 Å². The van der Waals surface area contributed by atoms with Gasteiger partial charge < -0.3 is 5.48 Å². The van der Waals surface area contributed by atoms with Gasteiger partial charge in [-0.25, -0.2) is 0 Å². The molecule has 0 aliphatic carbocycles. The van der Waals surface area contributed by atoms with Gasteiger partial charge in [-0.15, -0.1) is 0 Å². The second-order valence-corrected chi connectivity index (χ2v) is 5.90. The number of halogens is 3. The summed E-state index contributed by atoms with van der Waals surface area (Å²) in [5, 5.41) is 10.2. The summed E-state index contributed by atoms with van der Waals surface area (Å²) < 4.78 is 0.737. The first kappa shape index (κ1) is 12.8. The Morgan fingerprint density at radius 2 is 1.67 bits per heavy atom. The second-order valence-electron chi connectivity index (χ2n) is 1.98. The molecule has 0 radical (unpaired) electrons. The van der Waals surface area contributed by atoms with Crippen LogP contribution in [0.15, 0.2) is 6.07 Å². The van der Waals surface area contributed by atoms with Crippen LogP contribution in [0.5, 0.6) is 5.75 Å². The van der Waals surface area contributed by atoms with Crippen LogP contribution in [-0.4, -0.2) is 10.6 Å². The predicted octanol–water partition coefficient (Wildman–Crippen LogP) is 1.70. The van der Waals surface area contributed by atoms with Gasteiger partial charge in [0.25, 0.3) is 0 Å². The zero-order valence-electron chi connectivity index (χ0n) is 5.87. The summed E-state index contributed by atoms with van der Waals surface area (Å²) in [5.74, 6) is 0.146. The molecule has 0 unspecified atom stereocenters. The van der Waals surface area contributed by atoms with Crippen molar-refractivity contribution in [3.63, 3.8) is 0 Å². The Hall–Kier alpha value is 0.785. The van der Waals surface area contributed by atoms with Crippen molar-refractivity contribution in [1.82, 2.24) is 0 Å². The third-order valence-corrected chi connectivity index (χ3v) is 6.20. The summed E-state index contributed by atoms with van der Waals surface area (Å²) in [6.07, 6.45) is 0. The van der Waals surface area contributed by atoms with Crippen molar-refractivity contribution in [2.75, 3.05) is 0 Å². The van der Waals surface area contributed by atoms with Crippen LogP contribution in [0.1, 0.15) is 0 Å². The van der Waals surface area contributed by atoms with Gasteiger partial charge in [0.2, 0.25) is 0 Å². The first-order valence-corrected chi connectivity index (χ1v) is 6.60. The fourth-order valence-corrected chi connectivity index (χ4v) is 2.75. The number of phenolic OH excluding ortho intramolecular Hbond substituents is 1. The number of benzene rings is 1. The number of aromatic hydroxyl groups is 1. The molecule has 1 aromatic rings. The fraction of sp³-hybridized carbons (Fsp3) is 0. The third-order valence-electron chi connectivity index (χ3n) is 1.24. The van der Waals surface area contributed by atoms with Gasteiger partial charge in [0, 0.05) is 0 Å². The van der Waals surface area contributed by atoms with Crippen LogP contribution >= 0.6 is 34.8 Å². The summed E-state index contributed by atoms with van der Waals surface area (Å²) in [6.45, 7) is 0. The van der Waals surface area contributed by atoms with Crippen LogP contribution in [0.4, 0.5) is 0 Å². The standard InChI is InChI=1S/C6H2Cl3O.Hg.H2O/c7-4-1-3(10)2-5(8)6(4)9;;/h1,10H;;1H2. The fourth-order valence-electron chi connectivity index (χ4n) is 0.620. The van der Waals surface area contributed by atoms with Crippen molar-refractivity contribution in [3.05, 3.63) is 21.1 Å². The van der Waals surface area contributed by atoms with Crippen molar-refractivity contribution < 1.29 is 36.7 Å². The van der Waals surface area contributed by atoms with Gasteiger partial charge in [-0.1, -0.05) is 0 Å². The summed E-state index contributed by atoms with van der Waals surface area (Å²) in [4.78, 5) is 0. The van der Waals surface area contributed by atoms with Crippen molar-refractivity contribution >= 4 is 37.9 Å². The van der Waals surface area contributed by atoms with Gasteiger partial charge in [-0.05, 0) is 0 Å². The Balaban J connectivity index is 0.00000121. The number of rotatable bonds is 0. The topological polar surface area (TPSA) is 51.7 Å². The average Bonchev–Trinajstić information content (AvgIpc) is 1.97. The van der Waals surface area contributed by atoms with E-state index in [1.165, 1.54) is 6.07 Å². The molecule has 2 nitrogen and oxygen atoms in total. The molecule has 3 N–H and O–H groups in total. The Morgan fingerprint density at radius 3 is 2.17 bits per heavy atom. The first-order valence-electron chi connectivity index (χ1n) is 2.72. The summed E-state index contributed by atoms with van der Waals surface area (Å²) in [6, 6.07) is 1.41. The summed E-state index contributed by atoms with van der Waals surface area (Å²) in [7, 11) is 0. The van der Waals surface area contributed by atoms with Crippen molar-refractivity contribution in [2.45, 2.75) is 0 Å². The number of phenols is 1. The molecule has 1 aromatic carbocycles. The molecule has 1 rings (SSSR count).